The van der Waals surface area contributed by atoms with Crippen LogP contribution in [0, 0.1) is 0 Å². The maximum atomic E-state index is 12.8. The van der Waals surface area contributed by atoms with E-state index in [0.717, 1.165) is 70.6 Å². The summed E-state index contributed by atoms with van der Waals surface area (Å²) in [4.78, 5) is 38.0. The molecule has 0 aromatic heterocycles. The van der Waals surface area contributed by atoms with Crippen molar-refractivity contribution in [2.24, 2.45) is 0 Å². The zero-order chi connectivity index (χ0) is 47.9. The normalized spacial score (nSPS) is 12.2. The minimum atomic E-state index is -0.772. The van der Waals surface area contributed by atoms with E-state index in [1.807, 2.05) is 0 Å². The van der Waals surface area contributed by atoms with E-state index >= 15 is 0 Å². The molecule has 1 unspecified atom stereocenters. The Hall–Kier alpha value is -2.37. The monoisotopic (exact) mass is 927 g/mol. The maximum Gasteiger partial charge on any atom is 0.306 e. The third kappa shape index (κ3) is 52.6. The molecule has 0 rings (SSSR count). The lowest BCUT2D eigenvalue weighted by molar-refractivity contribution is -0.167. The first-order valence-electron chi connectivity index (χ1n) is 29.0. The van der Waals surface area contributed by atoms with E-state index in [0.29, 0.717) is 19.3 Å². The van der Waals surface area contributed by atoms with E-state index in [1.54, 1.807) is 0 Å². The fraction of sp³-hybridized carbons (Fsp3) is 0.850. The van der Waals surface area contributed by atoms with E-state index in [1.165, 1.54) is 199 Å². The van der Waals surface area contributed by atoms with Crippen molar-refractivity contribution in [3.63, 3.8) is 0 Å². The molecule has 0 bridgehead atoms. The smallest absolute Gasteiger partial charge is 0.306 e. The second-order valence-electron chi connectivity index (χ2n) is 19.6. The molecule has 0 amide bonds. The number of unbranched alkanes of at least 4 members (excludes halogenated alkanes) is 36. The molecule has 0 aliphatic rings. The van der Waals surface area contributed by atoms with Gasteiger partial charge in [-0.15, -0.1) is 0 Å². The lowest BCUT2D eigenvalue weighted by Gasteiger charge is -2.18. The Morgan fingerprint density at radius 3 is 0.848 bits per heavy atom. The molecule has 0 spiro atoms. The van der Waals surface area contributed by atoms with Crippen molar-refractivity contribution >= 4 is 17.9 Å². The van der Waals surface area contributed by atoms with Gasteiger partial charge in [-0.25, -0.2) is 0 Å². The summed E-state index contributed by atoms with van der Waals surface area (Å²) in [6, 6.07) is 0. The highest BCUT2D eigenvalue weighted by Gasteiger charge is 2.19. The molecule has 0 fully saturated rings. The van der Waals surface area contributed by atoms with Crippen molar-refractivity contribution < 1.29 is 28.6 Å². The fourth-order valence-corrected chi connectivity index (χ4v) is 8.47. The van der Waals surface area contributed by atoms with Crippen molar-refractivity contribution in [3.8, 4) is 0 Å². The van der Waals surface area contributed by atoms with E-state index in [-0.39, 0.29) is 31.1 Å². The number of rotatable bonds is 53. The number of carbonyl (C=O) groups excluding carboxylic acids is 3. The molecule has 1 atom stereocenters. The maximum absolute atomic E-state index is 12.8. The summed E-state index contributed by atoms with van der Waals surface area (Å²) in [5.41, 5.74) is 0. The topological polar surface area (TPSA) is 78.9 Å². The lowest BCUT2D eigenvalue weighted by Crippen LogP contribution is -2.30. The standard InChI is InChI=1S/C60H110O6/c1-4-7-10-13-16-19-21-23-25-26-27-28-29-30-31-32-33-34-36-37-39-41-44-47-50-53-59(62)65-56-57(55-64-58(61)52-49-46-43-18-15-12-9-6-3)66-60(63)54-51-48-45-42-40-38-35-24-22-20-17-14-11-8-5-2/h21,23-24,26-27,35,57H,4-20,22,25,28-34,36-56H2,1-3H3/b23-21-,27-26-,35-24-. The summed E-state index contributed by atoms with van der Waals surface area (Å²) < 4.78 is 16.8. The van der Waals surface area contributed by atoms with Gasteiger partial charge in [-0.05, 0) is 77.0 Å². The van der Waals surface area contributed by atoms with Crippen LogP contribution in [-0.2, 0) is 28.6 Å². The Morgan fingerprint density at radius 2 is 0.545 bits per heavy atom. The Bertz CT molecular complexity index is 1110. The molecule has 6 heteroatoms. The van der Waals surface area contributed by atoms with Crippen LogP contribution in [0.2, 0.25) is 0 Å². The molecule has 386 valence electrons. The highest BCUT2D eigenvalue weighted by Crippen LogP contribution is 2.16. The van der Waals surface area contributed by atoms with E-state index in [9.17, 15) is 14.4 Å². The average molecular weight is 928 g/mol. The van der Waals surface area contributed by atoms with E-state index < -0.39 is 6.10 Å². The lowest BCUT2D eigenvalue weighted by atomic mass is 10.0. The number of hydrogen-bond acceptors (Lipinski definition) is 6. The molecule has 0 saturated carbocycles. The number of allylic oxidation sites excluding steroid dienone is 6. The summed E-state index contributed by atoms with van der Waals surface area (Å²) in [5, 5.41) is 0. The first-order chi connectivity index (χ1) is 32.5. The zero-order valence-electron chi connectivity index (χ0n) is 44.2. The zero-order valence-corrected chi connectivity index (χ0v) is 44.2. The number of ether oxygens (including phenoxy) is 3. The largest absolute Gasteiger partial charge is 0.462 e. The predicted octanol–water partition coefficient (Wildman–Crippen LogP) is 19.3. The minimum absolute atomic E-state index is 0.0725. The molecule has 0 saturated heterocycles. The Morgan fingerprint density at radius 1 is 0.303 bits per heavy atom. The van der Waals surface area contributed by atoms with Gasteiger partial charge in [0.05, 0.1) is 0 Å². The predicted molar refractivity (Wildman–Crippen MR) is 284 cm³/mol. The molecule has 66 heavy (non-hydrogen) atoms. The fourth-order valence-electron chi connectivity index (χ4n) is 8.47. The first-order valence-corrected chi connectivity index (χ1v) is 29.0. The minimum Gasteiger partial charge on any atom is -0.462 e. The van der Waals surface area contributed by atoms with Gasteiger partial charge in [0, 0.05) is 19.3 Å². The molecule has 0 aromatic rings. The Kier molecular flexibility index (Phi) is 53.2. The van der Waals surface area contributed by atoms with Gasteiger partial charge in [0.15, 0.2) is 6.10 Å². The van der Waals surface area contributed by atoms with Crippen LogP contribution < -0.4 is 0 Å². The quantitative estimate of drug-likeness (QED) is 0.0262. The van der Waals surface area contributed by atoms with Crippen LogP contribution in [0.25, 0.3) is 0 Å². The van der Waals surface area contributed by atoms with E-state index in [2.05, 4.69) is 57.2 Å². The molecular weight excluding hydrogens is 817 g/mol. The number of esters is 3. The summed E-state index contributed by atoms with van der Waals surface area (Å²) >= 11 is 0. The van der Waals surface area contributed by atoms with Gasteiger partial charge in [-0.3, -0.25) is 14.4 Å². The second kappa shape index (κ2) is 55.2. The van der Waals surface area contributed by atoms with Gasteiger partial charge >= 0.3 is 17.9 Å². The van der Waals surface area contributed by atoms with Gasteiger partial charge < -0.3 is 14.2 Å². The van der Waals surface area contributed by atoms with Crippen molar-refractivity contribution in [1.29, 1.82) is 0 Å². The van der Waals surface area contributed by atoms with Gasteiger partial charge in [0.1, 0.15) is 13.2 Å². The van der Waals surface area contributed by atoms with Crippen LogP contribution in [0.1, 0.15) is 310 Å². The van der Waals surface area contributed by atoms with Crippen LogP contribution in [0.4, 0.5) is 0 Å². The summed E-state index contributed by atoms with van der Waals surface area (Å²) in [7, 11) is 0. The SMILES string of the molecule is CCCCCCC/C=C\C/C=C\CCCCCCCCCCCCCCCC(=O)OCC(COC(=O)CCCCCCCCCC)OC(=O)CCCCCCC/C=C\CCCCCCCC. The third-order valence-electron chi connectivity index (χ3n) is 12.9. The molecule has 0 N–H and O–H groups in total. The molecule has 6 nitrogen and oxygen atoms in total. The van der Waals surface area contributed by atoms with Crippen LogP contribution in [0.5, 0.6) is 0 Å². The molecule has 0 aliphatic carbocycles. The van der Waals surface area contributed by atoms with Crippen LogP contribution in [0.3, 0.4) is 0 Å². The van der Waals surface area contributed by atoms with Crippen molar-refractivity contribution in [2.75, 3.05) is 13.2 Å². The van der Waals surface area contributed by atoms with Gasteiger partial charge in [-0.2, -0.15) is 0 Å². The van der Waals surface area contributed by atoms with Crippen LogP contribution in [-0.4, -0.2) is 37.2 Å². The number of carbonyl (C=O) groups is 3. The van der Waals surface area contributed by atoms with Gasteiger partial charge in [-0.1, -0.05) is 250 Å². The summed E-state index contributed by atoms with van der Waals surface area (Å²) in [5.74, 6) is -0.872. The van der Waals surface area contributed by atoms with Crippen LogP contribution >= 0.6 is 0 Å². The van der Waals surface area contributed by atoms with Gasteiger partial charge in [0.2, 0.25) is 0 Å². The third-order valence-corrected chi connectivity index (χ3v) is 12.9. The van der Waals surface area contributed by atoms with E-state index in [4.69, 9.17) is 14.2 Å². The Balaban J connectivity index is 4.15. The second-order valence-corrected chi connectivity index (χ2v) is 19.6. The van der Waals surface area contributed by atoms with Gasteiger partial charge in [0.25, 0.3) is 0 Å². The van der Waals surface area contributed by atoms with Crippen molar-refractivity contribution in [3.05, 3.63) is 36.5 Å². The van der Waals surface area contributed by atoms with Crippen molar-refractivity contribution in [2.45, 2.75) is 316 Å². The Labute approximate surface area is 410 Å². The average Bonchev–Trinajstić information content (AvgIpc) is 3.31. The molecular formula is C60H110O6. The summed E-state index contributed by atoms with van der Waals surface area (Å²) in [6.07, 6.45) is 65.8. The van der Waals surface area contributed by atoms with Crippen molar-refractivity contribution in [1.82, 2.24) is 0 Å². The molecule has 0 heterocycles. The molecule has 0 radical (unpaired) electrons. The molecule has 0 aliphatic heterocycles. The van der Waals surface area contributed by atoms with Crippen LogP contribution in [0.15, 0.2) is 36.5 Å². The first kappa shape index (κ1) is 63.6. The highest BCUT2D eigenvalue weighted by atomic mass is 16.6. The molecule has 0 aromatic carbocycles. The summed E-state index contributed by atoms with van der Waals surface area (Å²) in [6.45, 7) is 6.62. The highest BCUT2D eigenvalue weighted by molar-refractivity contribution is 5.71. The number of hydrogen-bond donors (Lipinski definition) is 0.